The molecular formula is C67H126O6. The molecule has 0 spiro atoms. The molecule has 0 saturated carbocycles. The molecule has 0 aromatic rings. The van der Waals surface area contributed by atoms with E-state index in [1.807, 2.05) is 0 Å². The first-order chi connectivity index (χ1) is 36.0. The lowest BCUT2D eigenvalue weighted by Gasteiger charge is -2.18. The van der Waals surface area contributed by atoms with Gasteiger partial charge in [0.1, 0.15) is 13.2 Å². The van der Waals surface area contributed by atoms with Crippen LogP contribution < -0.4 is 0 Å². The summed E-state index contributed by atoms with van der Waals surface area (Å²) in [5.41, 5.74) is 0. The van der Waals surface area contributed by atoms with Crippen molar-refractivity contribution in [3.8, 4) is 0 Å². The summed E-state index contributed by atoms with van der Waals surface area (Å²) in [5.74, 6) is -0.876. The number of esters is 3. The second-order valence-electron chi connectivity index (χ2n) is 22.4. The van der Waals surface area contributed by atoms with Gasteiger partial charge >= 0.3 is 17.9 Å². The zero-order chi connectivity index (χ0) is 52.9. The van der Waals surface area contributed by atoms with Crippen LogP contribution >= 0.6 is 0 Å². The lowest BCUT2D eigenvalue weighted by Crippen LogP contribution is -2.30. The Kier molecular flexibility index (Phi) is 60.6. The molecule has 0 heterocycles. The average Bonchev–Trinajstić information content (AvgIpc) is 3.39. The number of unbranched alkanes of at least 4 members (excludes halogenated alkanes) is 46. The maximum Gasteiger partial charge on any atom is 0.306 e. The summed E-state index contributed by atoms with van der Waals surface area (Å²) in [6.07, 6.45) is 75.4. The van der Waals surface area contributed by atoms with Crippen LogP contribution in [0.15, 0.2) is 24.3 Å². The smallest absolute Gasteiger partial charge is 0.306 e. The van der Waals surface area contributed by atoms with Crippen LogP contribution in [0.25, 0.3) is 0 Å². The van der Waals surface area contributed by atoms with E-state index >= 15 is 0 Å². The fourth-order valence-corrected chi connectivity index (χ4v) is 10.0. The topological polar surface area (TPSA) is 78.9 Å². The van der Waals surface area contributed by atoms with Gasteiger partial charge < -0.3 is 14.2 Å². The van der Waals surface area contributed by atoms with Gasteiger partial charge in [-0.2, -0.15) is 0 Å². The molecule has 0 aromatic carbocycles. The monoisotopic (exact) mass is 1030 g/mol. The van der Waals surface area contributed by atoms with Crippen molar-refractivity contribution < 1.29 is 28.6 Å². The molecule has 6 heteroatoms. The molecule has 0 rings (SSSR count). The SMILES string of the molecule is CCCCCC/C=C\C/C=C\CCCCCCCC(=O)OC(COC(=O)CCCCCCCC)COC(=O)CCCCCCCCCCCCCCCCCCCCCCCCCCCCCCCCCCC. The molecular weight excluding hydrogens is 901 g/mol. The van der Waals surface area contributed by atoms with E-state index in [2.05, 4.69) is 45.1 Å². The Morgan fingerprint density at radius 3 is 0.767 bits per heavy atom. The van der Waals surface area contributed by atoms with Crippen LogP contribution in [-0.4, -0.2) is 37.2 Å². The normalized spacial score (nSPS) is 12.1. The van der Waals surface area contributed by atoms with E-state index in [1.54, 1.807) is 0 Å². The first-order valence-corrected chi connectivity index (χ1v) is 32.8. The van der Waals surface area contributed by atoms with Gasteiger partial charge in [0, 0.05) is 19.3 Å². The van der Waals surface area contributed by atoms with Gasteiger partial charge in [-0.1, -0.05) is 321 Å². The molecule has 73 heavy (non-hydrogen) atoms. The number of hydrogen-bond acceptors (Lipinski definition) is 6. The Labute approximate surface area is 455 Å². The van der Waals surface area contributed by atoms with E-state index in [-0.39, 0.29) is 31.1 Å². The lowest BCUT2D eigenvalue weighted by molar-refractivity contribution is -0.167. The number of rotatable bonds is 61. The molecule has 0 bridgehead atoms. The summed E-state index contributed by atoms with van der Waals surface area (Å²) < 4.78 is 16.8. The lowest BCUT2D eigenvalue weighted by atomic mass is 10.0. The third-order valence-corrected chi connectivity index (χ3v) is 15.0. The Hall–Kier alpha value is -2.11. The molecule has 0 aliphatic carbocycles. The molecule has 0 N–H and O–H groups in total. The van der Waals surface area contributed by atoms with Gasteiger partial charge in [-0.25, -0.2) is 0 Å². The Balaban J connectivity index is 3.90. The van der Waals surface area contributed by atoms with Gasteiger partial charge in [-0.15, -0.1) is 0 Å². The number of ether oxygens (including phenoxy) is 3. The van der Waals surface area contributed by atoms with E-state index in [1.165, 1.54) is 250 Å². The van der Waals surface area contributed by atoms with Gasteiger partial charge in [0.2, 0.25) is 0 Å². The highest BCUT2D eigenvalue weighted by atomic mass is 16.6. The van der Waals surface area contributed by atoms with Crippen LogP contribution in [0.5, 0.6) is 0 Å². The zero-order valence-corrected chi connectivity index (χ0v) is 49.4. The van der Waals surface area contributed by atoms with Crippen LogP contribution in [-0.2, 0) is 28.6 Å². The predicted molar refractivity (Wildman–Crippen MR) is 316 cm³/mol. The van der Waals surface area contributed by atoms with Gasteiger partial charge in [-0.05, 0) is 51.4 Å². The standard InChI is InChI=1S/C67H126O6/c1-4-7-10-13-16-18-20-22-24-26-27-28-29-30-31-32-33-34-35-36-37-38-39-40-41-42-44-45-47-49-51-54-57-60-66(69)72-63-64(62-71-65(68)59-56-53-15-12-9-6-3)73-67(70)61-58-55-52-50-48-46-43-25-23-21-19-17-14-11-8-5-2/h19,21,25,43,64H,4-18,20,22-24,26-42,44-63H2,1-3H3/b21-19-,43-25-. The summed E-state index contributed by atoms with van der Waals surface area (Å²) in [5, 5.41) is 0. The second kappa shape index (κ2) is 62.4. The summed E-state index contributed by atoms with van der Waals surface area (Å²) in [6, 6.07) is 0. The number of allylic oxidation sites excluding steroid dienone is 4. The van der Waals surface area contributed by atoms with Crippen LogP contribution in [0.3, 0.4) is 0 Å². The van der Waals surface area contributed by atoms with Crippen LogP contribution in [0.2, 0.25) is 0 Å². The molecule has 6 nitrogen and oxygen atoms in total. The summed E-state index contributed by atoms with van der Waals surface area (Å²) in [6.45, 7) is 6.61. The van der Waals surface area contributed by atoms with Gasteiger partial charge in [-0.3, -0.25) is 14.4 Å². The molecule has 0 amide bonds. The van der Waals surface area contributed by atoms with E-state index < -0.39 is 6.10 Å². The molecule has 1 unspecified atom stereocenters. The predicted octanol–water partition coefficient (Wildman–Crippen LogP) is 22.2. The Morgan fingerprint density at radius 2 is 0.493 bits per heavy atom. The fraction of sp³-hybridized carbons (Fsp3) is 0.896. The summed E-state index contributed by atoms with van der Waals surface area (Å²) in [7, 11) is 0. The number of carbonyl (C=O) groups excluding carboxylic acids is 3. The first kappa shape index (κ1) is 70.9. The van der Waals surface area contributed by atoms with Gasteiger partial charge in [0.15, 0.2) is 6.10 Å². The van der Waals surface area contributed by atoms with Crippen molar-refractivity contribution in [2.24, 2.45) is 0 Å². The molecule has 0 aliphatic rings. The molecule has 430 valence electrons. The highest BCUT2D eigenvalue weighted by Gasteiger charge is 2.19. The molecule has 1 atom stereocenters. The number of hydrogen-bond donors (Lipinski definition) is 0. The Bertz CT molecular complexity index is 1180. The van der Waals surface area contributed by atoms with E-state index in [0.29, 0.717) is 19.3 Å². The largest absolute Gasteiger partial charge is 0.462 e. The summed E-state index contributed by atoms with van der Waals surface area (Å²) in [4.78, 5) is 37.9. The summed E-state index contributed by atoms with van der Waals surface area (Å²) >= 11 is 0. The van der Waals surface area contributed by atoms with Crippen molar-refractivity contribution >= 4 is 17.9 Å². The molecule has 0 aliphatic heterocycles. The number of carbonyl (C=O) groups is 3. The van der Waals surface area contributed by atoms with Crippen molar-refractivity contribution in [3.05, 3.63) is 24.3 Å². The quantitative estimate of drug-likeness (QED) is 0.0261. The maximum atomic E-state index is 12.8. The van der Waals surface area contributed by atoms with Crippen LogP contribution in [0.4, 0.5) is 0 Å². The molecule has 0 fully saturated rings. The van der Waals surface area contributed by atoms with Crippen LogP contribution in [0.1, 0.15) is 367 Å². The van der Waals surface area contributed by atoms with Gasteiger partial charge in [0.05, 0.1) is 0 Å². The van der Waals surface area contributed by atoms with Crippen LogP contribution in [0, 0.1) is 0 Å². The third-order valence-electron chi connectivity index (χ3n) is 15.0. The minimum Gasteiger partial charge on any atom is -0.462 e. The average molecular weight is 1030 g/mol. The Morgan fingerprint density at radius 1 is 0.274 bits per heavy atom. The van der Waals surface area contributed by atoms with E-state index in [0.717, 1.165) is 77.0 Å². The van der Waals surface area contributed by atoms with Crippen molar-refractivity contribution in [1.82, 2.24) is 0 Å². The van der Waals surface area contributed by atoms with Crippen molar-refractivity contribution in [3.63, 3.8) is 0 Å². The van der Waals surface area contributed by atoms with E-state index in [9.17, 15) is 14.4 Å². The zero-order valence-electron chi connectivity index (χ0n) is 49.4. The molecule has 0 aromatic heterocycles. The first-order valence-electron chi connectivity index (χ1n) is 32.8. The fourth-order valence-electron chi connectivity index (χ4n) is 10.0. The van der Waals surface area contributed by atoms with Crippen molar-refractivity contribution in [2.45, 2.75) is 374 Å². The maximum absolute atomic E-state index is 12.8. The highest BCUT2D eigenvalue weighted by Crippen LogP contribution is 2.18. The minimum atomic E-state index is -0.772. The van der Waals surface area contributed by atoms with Crippen molar-refractivity contribution in [1.29, 1.82) is 0 Å². The minimum absolute atomic E-state index is 0.0726. The second-order valence-corrected chi connectivity index (χ2v) is 22.4. The van der Waals surface area contributed by atoms with Gasteiger partial charge in [0.25, 0.3) is 0 Å². The highest BCUT2D eigenvalue weighted by molar-refractivity contribution is 5.71. The molecule has 0 radical (unpaired) electrons. The van der Waals surface area contributed by atoms with E-state index in [4.69, 9.17) is 14.2 Å². The molecule has 0 saturated heterocycles. The third kappa shape index (κ3) is 60.6. The van der Waals surface area contributed by atoms with Crippen molar-refractivity contribution in [2.75, 3.05) is 13.2 Å².